The number of hydrogen-bond donors (Lipinski definition) is 2. The average molecular weight is 607 g/mol. The Hall–Kier alpha value is -4.61. The lowest BCUT2D eigenvalue weighted by atomic mass is 10.0. The maximum Gasteiger partial charge on any atom is 0.426 e. The van der Waals surface area contributed by atoms with Gasteiger partial charge in [0.2, 0.25) is 0 Å². The zero-order valence-corrected chi connectivity index (χ0v) is 23.0. The number of nitrogen functional groups attached to an aromatic ring is 2. The molecule has 3 aromatic rings. The number of carbonyl (C=O) groups excluding carboxylic acids is 2. The van der Waals surface area contributed by atoms with Gasteiger partial charge in [-0.05, 0) is 78.9 Å². The highest BCUT2D eigenvalue weighted by Crippen LogP contribution is 2.32. The predicted octanol–water partition coefficient (Wildman–Crippen LogP) is 7.06. The fourth-order valence-electron chi connectivity index (χ4n) is 3.92. The summed E-state index contributed by atoms with van der Waals surface area (Å²) in [6.07, 6.45) is -4.65. The summed E-state index contributed by atoms with van der Waals surface area (Å²) < 4.78 is 80.8. The zero-order valence-electron chi connectivity index (χ0n) is 23.0. The number of anilines is 2. The molecule has 0 unspecified atom stereocenters. The van der Waals surface area contributed by atoms with Crippen LogP contribution < -0.4 is 16.2 Å². The van der Waals surface area contributed by atoms with E-state index in [2.05, 4.69) is 0 Å². The third kappa shape index (κ3) is 11.7. The van der Waals surface area contributed by atoms with Crippen LogP contribution in [0.3, 0.4) is 0 Å². The van der Waals surface area contributed by atoms with E-state index < -0.39 is 30.6 Å². The van der Waals surface area contributed by atoms with Crippen molar-refractivity contribution in [2.75, 3.05) is 24.7 Å². The van der Waals surface area contributed by atoms with Crippen LogP contribution in [0.2, 0.25) is 0 Å². The lowest BCUT2D eigenvalue weighted by Crippen LogP contribution is -2.21. The molecule has 7 nitrogen and oxygen atoms in total. The van der Waals surface area contributed by atoms with Crippen molar-refractivity contribution in [1.29, 1.82) is 0 Å². The van der Waals surface area contributed by atoms with Crippen LogP contribution in [0.4, 0.5) is 33.3 Å². The summed E-state index contributed by atoms with van der Waals surface area (Å²) in [5.74, 6) is -1.49. The molecule has 0 spiro atoms. The monoisotopic (exact) mass is 606 g/mol. The number of rotatable bonds is 14. The average Bonchev–Trinajstić information content (AvgIpc) is 2.93. The molecule has 0 saturated carbocycles. The van der Waals surface area contributed by atoms with E-state index in [-0.39, 0.29) is 36.5 Å². The van der Waals surface area contributed by atoms with Gasteiger partial charge in [-0.2, -0.15) is 22.0 Å². The molecular weight excluding hydrogens is 575 g/mol. The molecule has 0 aliphatic rings. The van der Waals surface area contributed by atoms with E-state index in [9.17, 15) is 31.5 Å². The summed E-state index contributed by atoms with van der Waals surface area (Å²) in [6, 6.07) is 15.3. The van der Waals surface area contributed by atoms with Gasteiger partial charge in [0.05, 0.1) is 11.1 Å². The molecule has 12 heteroatoms. The van der Waals surface area contributed by atoms with Gasteiger partial charge in [0.1, 0.15) is 19.0 Å². The van der Waals surface area contributed by atoms with Crippen LogP contribution in [0, 0.1) is 0 Å². The molecule has 3 aromatic carbocycles. The quantitative estimate of drug-likeness (QED) is 0.0664. The molecule has 0 heterocycles. The standard InChI is InChI=1S/C31H31F5N2O5/c32-30(33,34)15-3-1-2-4-21-5-10-24(11-6-21)31(35,36)43-27-12-7-22(8-13-27)9-14-28(39)41-16-17-42-29(40)23-18-25(37)20-26(38)19-23/h5-14,18-20H,1-4,15-17,37-38H2. The Kier molecular flexibility index (Phi) is 11.5. The van der Waals surface area contributed by atoms with Gasteiger partial charge in [-0.25, -0.2) is 9.59 Å². The fourth-order valence-corrected chi connectivity index (χ4v) is 3.92. The van der Waals surface area contributed by atoms with Crippen LogP contribution in [0.25, 0.3) is 6.08 Å². The largest absolute Gasteiger partial charge is 0.459 e. The maximum absolute atomic E-state index is 14.7. The molecule has 0 bridgehead atoms. The van der Waals surface area contributed by atoms with Gasteiger partial charge >= 0.3 is 24.2 Å². The minimum absolute atomic E-state index is 0.0357. The van der Waals surface area contributed by atoms with Crippen molar-refractivity contribution in [2.45, 2.75) is 44.4 Å². The highest BCUT2D eigenvalue weighted by Gasteiger charge is 2.34. The minimum Gasteiger partial charge on any atom is -0.459 e. The number of aryl methyl sites for hydroxylation is 1. The number of ether oxygens (including phenoxy) is 3. The number of unbranched alkanes of at least 4 members (excludes halogenated alkanes) is 2. The molecule has 3 rings (SSSR count). The maximum atomic E-state index is 14.7. The molecule has 0 aliphatic carbocycles. The molecule has 0 saturated heterocycles. The summed E-state index contributed by atoms with van der Waals surface area (Å²) in [5, 5.41) is 0. The number of nitrogens with two attached hydrogens (primary N) is 2. The number of benzene rings is 3. The second-order valence-corrected chi connectivity index (χ2v) is 9.59. The first kappa shape index (κ1) is 32.9. The molecule has 0 atom stereocenters. The second-order valence-electron chi connectivity index (χ2n) is 9.59. The Bertz CT molecular complexity index is 1370. The molecule has 0 fully saturated rings. The van der Waals surface area contributed by atoms with Crippen LogP contribution in [-0.2, 0) is 26.8 Å². The topological polar surface area (TPSA) is 114 Å². The molecular formula is C31H31F5N2O5. The minimum atomic E-state index is -4.17. The van der Waals surface area contributed by atoms with Gasteiger partial charge in [0, 0.05) is 23.9 Å². The van der Waals surface area contributed by atoms with Gasteiger partial charge in [-0.1, -0.05) is 30.7 Å². The predicted molar refractivity (Wildman–Crippen MR) is 151 cm³/mol. The number of hydrogen-bond acceptors (Lipinski definition) is 7. The number of esters is 2. The fraction of sp³-hybridized carbons (Fsp3) is 0.290. The molecule has 4 N–H and O–H groups in total. The van der Waals surface area contributed by atoms with E-state index in [4.69, 9.17) is 25.7 Å². The second kappa shape index (κ2) is 15.0. The first-order valence-electron chi connectivity index (χ1n) is 13.3. The Morgan fingerprint density at radius 2 is 1.40 bits per heavy atom. The Balaban J connectivity index is 1.40. The van der Waals surface area contributed by atoms with Crippen molar-refractivity contribution >= 4 is 29.4 Å². The van der Waals surface area contributed by atoms with E-state index >= 15 is 0 Å². The smallest absolute Gasteiger partial charge is 0.426 e. The molecule has 0 radical (unpaired) electrons. The van der Waals surface area contributed by atoms with E-state index in [1.165, 1.54) is 72.8 Å². The number of alkyl halides is 5. The molecule has 43 heavy (non-hydrogen) atoms. The number of carbonyl (C=O) groups is 2. The van der Waals surface area contributed by atoms with Crippen LogP contribution >= 0.6 is 0 Å². The van der Waals surface area contributed by atoms with Crippen molar-refractivity contribution in [1.82, 2.24) is 0 Å². The summed E-state index contributed by atoms with van der Waals surface area (Å²) in [7, 11) is 0. The molecule has 230 valence electrons. The molecule has 0 aliphatic heterocycles. The van der Waals surface area contributed by atoms with Crippen molar-refractivity contribution in [2.24, 2.45) is 0 Å². The van der Waals surface area contributed by atoms with Crippen LogP contribution in [0.1, 0.15) is 52.7 Å². The zero-order chi connectivity index (χ0) is 31.5. The van der Waals surface area contributed by atoms with Crippen LogP contribution in [-0.4, -0.2) is 31.3 Å². The lowest BCUT2D eigenvalue weighted by molar-refractivity contribution is -0.185. The summed E-state index contributed by atoms with van der Waals surface area (Å²) in [5.41, 5.74) is 12.9. The normalized spacial score (nSPS) is 11.8. The van der Waals surface area contributed by atoms with Gasteiger partial charge in [0.25, 0.3) is 0 Å². The van der Waals surface area contributed by atoms with Crippen LogP contribution in [0.5, 0.6) is 5.75 Å². The molecule has 0 aromatic heterocycles. The third-order valence-electron chi connectivity index (χ3n) is 6.03. The van der Waals surface area contributed by atoms with Gasteiger partial charge in [-0.3, -0.25) is 0 Å². The first-order chi connectivity index (χ1) is 20.3. The van der Waals surface area contributed by atoms with E-state index in [1.54, 1.807) is 0 Å². The Morgan fingerprint density at radius 1 is 0.767 bits per heavy atom. The van der Waals surface area contributed by atoms with Crippen molar-refractivity contribution in [3.8, 4) is 5.75 Å². The number of halogens is 5. The lowest BCUT2D eigenvalue weighted by Gasteiger charge is -2.18. The van der Waals surface area contributed by atoms with Gasteiger partial charge < -0.3 is 25.7 Å². The van der Waals surface area contributed by atoms with Crippen molar-refractivity contribution < 1.29 is 45.8 Å². The Morgan fingerprint density at radius 3 is 2.02 bits per heavy atom. The van der Waals surface area contributed by atoms with E-state index in [0.717, 1.165) is 11.6 Å². The highest BCUT2D eigenvalue weighted by molar-refractivity contribution is 5.91. The highest BCUT2D eigenvalue weighted by atomic mass is 19.4. The first-order valence-corrected chi connectivity index (χ1v) is 13.3. The Labute approximate surface area is 245 Å². The van der Waals surface area contributed by atoms with Gasteiger partial charge in [0.15, 0.2) is 0 Å². The van der Waals surface area contributed by atoms with Gasteiger partial charge in [-0.15, -0.1) is 0 Å². The summed E-state index contributed by atoms with van der Waals surface area (Å²) in [6.45, 7) is -0.390. The van der Waals surface area contributed by atoms with Crippen molar-refractivity contribution in [3.05, 3.63) is 95.1 Å². The van der Waals surface area contributed by atoms with E-state index in [1.807, 2.05) is 0 Å². The van der Waals surface area contributed by atoms with E-state index in [0.29, 0.717) is 36.2 Å². The van der Waals surface area contributed by atoms with Crippen molar-refractivity contribution in [3.63, 3.8) is 0 Å². The SMILES string of the molecule is Nc1cc(N)cc(C(=O)OCCOC(=O)C=Cc2ccc(OC(F)(F)c3ccc(CCCCCC(F)(F)F)cc3)cc2)c1. The van der Waals surface area contributed by atoms with Crippen LogP contribution in [0.15, 0.2) is 72.8 Å². The third-order valence-corrected chi connectivity index (χ3v) is 6.03. The molecule has 0 amide bonds. The summed E-state index contributed by atoms with van der Waals surface area (Å²) >= 11 is 0. The summed E-state index contributed by atoms with van der Waals surface area (Å²) in [4.78, 5) is 23.9.